The number of nitrogens with zero attached hydrogens (tertiary/aromatic N) is 2. The van der Waals surface area contributed by atoms with E-state index in [1.165, 1.54) is 0 Å². The lowest BCUT2D eigenvalue weighted by Crippen LogP contribution is -2.29. The van der Waals surface area contributed by atoms with Gasteiger partial charge in [0.2, 0.25) is 0 Å². The highest BCUT2D eigenvalue weighted by molar-refractivity contribution is 9.10. The first-order valence-electron chi connectivity index (χ1n) is 5.48. The molecule has 0 aliphatic carbocycles. The van der Waals surface area contributed by atoms with Crippen molar-refractivity contribution in [3.8, 4) is 0 Å². The fourth-order valence-electron chi connectivity index (χ4n) is 1.95. The summed E-state index contributed by atoms with van der Waals surface area (Å²) in [5.41, 5.74) is 0.0130. The minimum Gasteiger partial charge on any atom is -0.381 e. The minimum atomic E-state index is 0.0130. The van der Waals surface area contributed by atoms with Crippen LogP contribution in [0.25, 0.3) is 0 Å². The van der Waals surface area contributed by atoms with Gasteiger partial charge in [0.25, 0.3) is 5.56 Å². The van der Waals surface area contributed by atoms with Crippen LogP contribution in [-0.4, -0.2) is 22.8 Å². The van der Waals surface area contributed by atoms with Crippen LogP contribution >= 0.6 is 15.9 Å². The third-order valence-electron chi connectivity index (χ3n) is 2.99. The van der Waals surface area contributed by atoms with Crippen LogP contribution in [0.1, 0.15) is 18.7 Å². The number of ether oxygens (including phenoxy) is 1. The molecular weight excluding hydrogens is 272 g/mol. The zero-order valence-corrected chi connectivity index (χ0v) is 10.9. The molecule has 2 heterocycles. The van der Waals surface area contributed by atoms with Crippen molar-refractivity contribution in [3.63, 3.8) is 0 Å². The van der Waals surface area contributed by atoms with E-state index < -0.39 is 0 Å². The maximum Gasteiger partial charge on any atom is 0.267 e. The van der Waals surface area contributed by atoms with Crippen LogP contribution < -0.4 is 5.56 Å². The third kappa shape index (κ3) is 2.52. The summed E-state index contributed by atoms with van der Waals surface area (Å²) < 4.78 is 7.59. The molecule has 0 spiro atoms. The molecule has 0 saturated carbocycles. The highest BCUT2D eigenvalue weighted by atomic mass is 79.9. The molecule has 0 aromatic carbocycles. The van der Waals surface area contributed by atoms with Crippen LogP contribution in [0.15, 0.2) is 15.5 Å². The van der Waals surface area contributed by atoms with Gasteiger partial charge >= 0.3 is 0 Å². The second-order valence-corrected chi connectivity index (χ2v) is 4.98. The maximum atomic E-state index is 11.9. The molecule has 1 fully saturated rings. The van der Waals surface area contributed by atoms with Crippen LogP contribution in [0.3, 0.4) is 0 Å². The van der Waals surface area contributed by atoms with Crippen molar-refractivity contribution >= 4 is 15.9 Å². The molecule has 88 valence electrons. The fraction of sp³-hybridized carbons (Fsp3) is 0.636. The molecule has 1 aromatic heterocycles. The first kappa shape index (κ1) is 11.8. The first-order valence-corrected chi connectivity index (χ1v) is 6.27. The molecule has 0 radical (unpaired) electrons. The van der Waals surface area contributed by atoms with Gasteiger partial charge in [0.05, 0.1) is 0 Å². The molecule has 1 aromatic rings. The Hall–Kier alpha value is -0.680. The maximum absolute atomic E-state index is 11.9. The van der Waals surface area contributed by atoms with Gasteiger partial charge in [-0.05, 0) is 41.6 Å². The lowest BCUT2D eigenvalue weighted by molar-refractivity contribution is 0.0606. The Kier molecular flexibility index (Phi) is 3.76. The van der Waals surface area contributed by atoms with Crippen molar-refractivity contribution in [3.05, 3.63) is 26.8 Å². The molecule has 2 rings (SSSR count). The van der Waals surface area contributed by atoms with E-state index in [0.29, 0.717) is 10.4 Å². The van der Waals surface area contributed by atoms with Crippen LogP contribution in [-0.2, 0) is 11.3 Å². The van der Waals surface area contributed by atoms with Gasteiger partial charge in [-0.1, -0.05) is 0 Å². The van der Waals surface area contributed by atoms with Crippen molar-refractivity contribution in [2.75, 3.05) is 13.2 Å². The fourth-order valence-corrected chi connectivity index (χ4v) is 2.27. The average molecular weight is 287 g/mol. The topological polar surface area (TPSA) is 44.1 Å². The first-order chi connectivity index (χ1) is 7.68. The number of aromatic nitrogens is 2. The van der Waals surface area contributed by atoms with Gasteiger partial charge in [-0.2, -0.15) is 0 Å². The molecule has 16 heavy (non-hydrogen) atoms. The summed E-state index contributed by atoms with van der Waals surface area (Å²) in [4.78, 5) is 16.1. The third-order valence-corrected chi connectivity index (χ3v) is 3.53. The van der Waals surface area contributed by atoms with Crippen LogP contribution in [0.5, 0.6) is 0 Å². The van der Waals surface area contributed by atoms with E-state index in [2.05, 4.69) is 20.9 Å². The number of hydrogen-bond acceptors (Lipinski definition) is 3. The molecule has 0 unspecified atom stereocenters. The molecule has 0 atom stereocenters. The van der Waals surface area contributed by atoms with Gasteiger partial charge in [-0.25, -0.2) is 4.98 Å². The Balaban J connectivity index is 2.20. The summed E-state index contributed by atoms with van der Waals surface area (Å²) in [6, 6.07) is 0. The van der Waals surface area contributed by atoms with Crippen molar-refractivity contribution in [2.45, 2.75) is 26.3 Å². The van der Waals surface area contributed by atoms with Gasteiger partial charge in [0, 0.05) is 26.0 Å². The van der Waals surface area contributed by atoms with E-state index in [4.69, 9.17) is 4.74 Å². The van der Waals surface area contributed by atoms with Crippen molar-refractivity contribution in [1.29, 1.82) is 0 Å². The summed E-state index contributed by atoms with van der Waals surface area (Å²) in [6.45, 7) is 4.23. The Morgan fingerprint density at radius 3 is 2.94 bits per heavy atom. The summed E-state index contributed by atoms with van der Waals surface area (Å²) in [5, 5.41) is 0. The number of halogens is 1. The van der Waals surface area contributed by atoms with E-state index in [0.717, 1.165) is 38.4 Å². The largest absolute Gasteiger partial charge is 0.381 e. The van der Waals surface area contributed by atoms with E-state index in [-0.39, 0.29) is 5.56 Å². The van der Waals surface area contributed by atoms with Crippen molar-refractivity contribution < 1.29 is 4.74 Å². The Morgan fingerprint density at radius 1 is 1.56 bits per heavy atom. The van der Waals surface area contributed by atoms with Gasteiger partial charge in [-0.15, -0.1) is 0 Å². The summed E-state index contributed by atoms with van der Waals surface area (Å²) >= 11 is 3.22. The molecule has 0 bridgehead atoms. The van der Waals surface area contributed by atoms with Gasteiger partial charge in [-0.3, -0.25) is 9.36 Å². The summed E-state index contributed by atoms with van der Waals surface area (Å²) in [6.07, 6.45) is 3.62. The zero-order chi connectivity index (χ0) is 11.5. The molecule has 1 aliphatic heterocycles. The monoisotopic (exact) mass is 286 g/mol. The van der Waals surface area contributed by atoms with Gasteiger partial charge in [0.15, 0.2) is 0 Å². The van der Waals surface area contributed by atoms with E-state index >= 15 is 0 Å². The predicted octanol–water partition coefficient (Wildman–Crippen LogP) is 1.74. The molecule has 0 N–H and O–H groups in total. The van der Waals surface area contributed by atoms with Crippen molar-refractivity contribution in [1.82, 2.24) is 9.55 Å². The molecule has 5 heteroatoms. The van der Waals surface area contributed by atoms with Crippen molar-refractivity contribution in [2.24, 2.45) is 5.92 Å². The zero-order valence-electron chi connectivity index (χ0n) is 9.28. The minimum absolute atomic E-state index is 0.0130. The lowest BCUT2D eigenvalue weighted by Gasteiger charge is -2.23. The average Bonchev–Trinajstić information content (AvgIpc) is 2.31. The molecule has 4 nitrogen and oxygen atoms in total. The highest BCUT2D eigenvalue weighted by Crippen LogP contribution is 2.16. The van der Waals surface area contributed by atoms with Crippen LogP contribution in [0.4, 0.5) is 0 Å². The number of rotatable bonds is 2. The summed E-state index contributed by atoms with van der Waals surface area (Å²) in [5.74, 6) is 1.31. The Labute approximate surface area is 103 Å². The van der Waals surface area contributed by atoms with Crippen LogP contribution in [0, 0.1) is 12.8 Å². The number of hydrogen-bond donors (Lipinski definition) is 0. The SMILES string of the molecule is Cc1ncc(Br)c(=O)n1CC1CCOCC1. The number of aryl methyl sites for hydroxylation is 1. The quantitative estimate of drug-likeness (QED) is 0.832. The second kappa shape index (κ2) is 5.10. The summed E-state index contributed by atoms with van der Waals surface area (Å²) in [7, 11) is 0. The normalized spacial score (nSPS) is 17.6. The Morgan fingerprint density at radius 2 is 2.25 bits per heavy atom. The van der Waals surface area contributed by atoms with E-state index in [1.54, 1.807) is 10.8 Å². The molecule has 1 saturated heterocycles. The Bertz CT molecular complexity index is 424. The second-order valence-electron chi connectivity index (χ2n) is 4.12. The standard InChI is InChI=1S/C11H15BrN2O2/c1-8-13-6-10(12)11(15)14(8)7-9-2-4-16-5-3-9/h6,9H,2-5,7H2,1H3. The highest BCUT2D eigenvalue weighted by Gasteiger charge is 2.16. The van der Waals surface area contributed by atoms with E-state index in [9.17, 15) is 4.79 Å². The van der Waals surface area contributed by atoms with Crippen LogP contribution in [0.2, 0.25) is 0 Å². The van der Waals surface area contributed by atoms with E-state index in [1.807, 2.05) is 6.92 Å². The lowest BCUT2D eigenvalue weighted by atomic mass is 10.0. The molecular formula is C11H15BrN2O2. The molecule has 0 amide bonds. The van der Waals surface area contributed by atoms with Gasteiger partial charge < -0.3 is 4.74 Å². The predicted molar refractivity (Wildman–Crippen MR) is 64.5 cm³/mol. The van der Waals surface area contributed by atoms with Gasteiger partial charge in [0.1, 0.15) is 10.3 Å². The smallest absolute Gasteiger partial charge is 0.267 e. The molecule has 1 aliphatic rings.